The van der Waals surface area contributed by atoms with Crippen LogP contribution in [0.5, 0.6) is 0 Å². The fourth-order valence-electron chi connectivity index (χ4n) is 4.28. The first-order valence-corrected chi connectivity index (χ1v) is 9.92. The molecule has 1 aliphatic carbocycles. The molecule has 4 heteroatoms. The molecule has 4 nitrogen and oxygen atoms in total. The van der Waals surface area contributed by atoms with Gasteiger partial charge in [-0.2, -0.15) is 0 Å². The molecular formula is C24H25NO3. The van der Waals surface area contributed by atoms with Gasteiger partial charge in [0.1, 0.15) is 6.61 Å². The summed E-state index contributed by atoms with van der Waals surface area (Å²) in [6, 6.07) is 16.9. The Bertz CT molecular complexity index is 834. The highest BCUT2D eigenvalue weighted by atomic mass is 16.6. The molecule has 0 bridgehead atoms. The highest BCUT2D eigenvalue weighted by Crippen LogP contribution is 2.44. The molecule has 0 spiro atoms. The summed E-state index contributed by atoms with van der Waals surface area (Å²) >= 11 is 0. The number of hydrogen-bond acceptors (Lipinski definition) is 3. The minimum absolute atomic E-state index is 0.0699. The molecule has 144 valence electrons. The van der Waals surface area contributed by atoms with Gasteiger partial charge in [-0.25, -0.2) is 4.79 Å². The van der Waals surface area contributed by atoms with Crippen LogP contribution >= 0.6 is 0 Å². The maximum Gasteiger partial charge on any atom is 0.410 e. The lowest BCUT2D eigenvalue weighted by atomic mass is 9.98. The minimum Gasteiger partial charge on any atom is -0.448 e. The molecule has 0 N–H and O–H groups in total. The van der Waals surface area contributed by atoms with Gasteiger partial charge in [0.15, 0.2) is 0 Å². The number of fused-ring (bicyclic) bond motifs is 3. The Morgan fingerprint density at radius 2 is 1.68 bits per heavy atom. The Kier molecular flexibility index (Phi) is 5.64. The van der Waals surface area contributed by atoms with E-state index in [9.17, 15) is 4.79 Å². The second-order valence-electron chi connectivity index (χ2n) is 7.30. The van der Waals surface area contributed by atoms with Gasteiger partial charge in [-0.15, -0.1) is 12.3 Å². The number of carbonyl (C=O) groups excluding carboxylic acids is 1. The molecule has 28 heavy (non-hydrogen) atoms. The molecule has 2 aromatic rings. The largest absolute Gasteiger partial charge is 0.448 e. The second-order valence-corrected chi connectivity index (χ2v) is 7.30. The molecule has 0 atom stereocenters. The summed E-state index contributed by atoms with van der Waals surface area (Å²) in [5.41, 5.74) is 4.90. The average Bonchev–Trinajstić information content (AvgIpc) is 3.07. The van der Waals surface area contributed by atoms with Gasteiger partial charge < -0.3 is 14.4 Å². The van der Waals surface area contributed by atoms with Crippen molar-refractivity contribution in [3.63, 3.8) is 0 Å². The Labute approximate surface area is 166 Å². The van der Waals surface area contributed by atoms with Crippen molar-refractivity contribution in [2.45, 2.75) is 31.2 Å². The highest BCUT2D eigenvalue weighted by Gasteiger charge is 2.31. The smallest absolute Gasteiger partial charge is 0.410 e. The molecule has 2 aromatic carbocycles. The zero-order chi connectivity index (χ0) is 19.3. The fourth-order valence-corrected chi connectivity index (χ4v) is 4.28. The molecule has 0 radical (unpaired) electrons. The lowest BCUT2D eigenvalue weighted by Gasteiger charge is -2.33. The summed E-state index contributed by atoms with van der Waals surface area (Å²) in [6.07, 6.45) is 7.34. The van der Waals surface area contributed by atoms with Crippen molar-refractivity contribution in [3.8, 4) is 23.5 Å². The maximum absolute atomic E-state index is 12.9. The van der Waals surface area contributed by atoms with Crippen LogP contribution in [0.2, 0.25) is 0 Å². The van der Waals surface area contributed by atoms with Crippen molar-refractivity contribution < 1.29 is 14.3 Å². The predicted octanol–water partition coefficient (Wildman–Crippen LogP) is 4.44. The Balaban J connectivity index is 1.49. The van der Waals surface area contributed by atoms with Gasteiger partial charge in [-0.3, -0.25) is 0 Å². The van der Waals surface area contributed by atoms with E-state index in [1.807, 2.05) is 12.1 Å². The van der Waals surface area contributed by atoms with Gasteiger partial charge in [-0.05, 0) is 35.1 Å². The van der Waals surface area contributed by atoms with Crippen molar-refractivity contribution >= 4 is 6.09 Å². The fraction of sp³-hybridized carbons (Fsp3) is 0.375. The van der Waals surface area contributed by atoms with Crippen LogP contribution in [0.3, 0.4) is 0 Å². The van der Waals surface area contributed by atoms with Gasteiger partial charge in [-0.1, -0.05) is 48.5 Å². The molecule has 1 heterocycles. The van der Waals surface area contributed by atoms with Crippen LogP contribution < -0.4 is 0 Å². The summed E-state index contributed by atoms with van der Waals surface area (Å²) < 4.78 is 11.3. The van der Waals surface area contributed by atoms with E-state index in [4.69, 9.17) is 15.9 Å². The summed E-state index contributed by atoms with van der Waals surface area (Å²) in [5, 5.41) is 0. The lowest BCUT2D eigenvalue weighted by Crippen LogP contribution is -2.44. The second kappa shape index (κ2) is 8.50. The first-order valence-electron chi connectivity index (χ1n) is 9.92. The molecule has 4 rings (SSSR count). The number of nitrogens with zero attached hydrogens (tertiary/aromatic N) is 1. The van der Waals surface area contributed by atoms with E-state index >= 15 is 0 Å². The molecule has 1 aliphatic heterocycles. The number of carbonyl (C=O) groups is 1. The zero-order valence-electron chi connectivity index (χ0n) is 16.0. The number of hydrogen-bond donors (Lipinski definition) is 0. The van der Waals surface area contributed by atoms with Crippen LogP contribution in [0.25, 0.3) is 11.1 Å². The van der Waals surface area contributed by atoms with Crippen molar-refractivity contribution in [1.82, 2.24) is 4.90 Å². The van der Waals surface area contributed by atoms with E-state index in [2.05, 4.69) is 42.3 Å². The topological polar surface area (TPSA) is 38.8 Å². The summed E-state index contributed by atoms with van der Waals surface area (Å²) in [6.45, 7) is 2.21. The molecule has 2 aliphatic rings. The molecule has 1 fully saturated rings. The quantitative estimate of drug-likeness (QED) is 0.725. The van der Waals surface area contributed by atoms with Crippen LogP contribution in [-0.2, 0) is 9.47 Å². The number of rotatable bonds is 5. The van der Waals surface area contributed by atoms with E-state index < -0.39 is 0 Å². The molecule has 1 amide bonds. The third-order valence-electron chi connectivity index (χ3n) is 5.70. The van der Waals surface area contributed by atoms with E-state index in [0.717, 1.165) is 12.8 Å². The Hall–Kier alpha value is -2.77. The van der Waals surface area contributed by atoms with Crippen LogP contribution in [0.15, 0.2) is 48.5 Å². The zero-order valence-corrected chi connectivity index (χ0v) is 16.0. The SMILES string of the molecule is C#CCCN(C(=O)OCC1c2ccccc2-c2ccccc21)C1CCOCC1. The predicted molar refractivity (Wildman–Crippen MR) is 109 cm³/mol. The van der Waals surface area contributed by atoms with Crippen molar-refractivity contribution in [2.24, 2.45) is 0 Å². The van der Waals surface area contributed by atoms with E-state index in [0.29, 0.717) is 32.8 Å². The summed E-state index contributed by atoms with van der Waals surface area (Å²) in [4.78, 5) is 14.7. The standard InChI is InChI=1S/C24H25NO3/c1-2-3-14-25(18-12-15-27-16-13-18)24(26)28-17-23-21-10-6-4-8-19(21)20-9-5-7-11-22(20)23/h1,4-11,18,23H,3,12-17H2. The van der Waals surface area contributed by atoms with E-state index in [1.165, 1.54) is 22.3 Å². The van der Waals surface area contributed by atoms with Crippen LogP contribution in [0, 0.1) is 12.3 Å². The van der Waals surface area contributed by atoms with Crippen molar-refractivity contribution in [2.75, 3.05) is 26.4 Å². The lowest BCUT2D eigenvalue weighted by molar-refractivity contribution is 0.0262. The molecule has 0 saturated carbocycles. The molecule has 0 unspecified atom stereocenters. The number of amides is 1. The van der Waals surface area contributed by atoms with Gasteiger partial charge in [0.2, 0.25) is 0 Å². The summed E-state index contributed by atoms with van der Waals surface area (Å²) in [5.74, 6) is 2.70. The van der Waals surface area contributed by atoms with Gasteiger partial charge in [0.05, 0.1) is 0 Å². The third kappa shape index (κ3) is 3.63. The van der Waals surface area contributed by atoms with E-state index in [1.54, 1.807) is 4.90 Å². The average molecular weight is 375 g/mol. The Morgan fingerprint density at radius 1 is 1.07 bits per heavy atom. The monoisotopic (exact) mass is 375 g/mol. The number of benzene rings is 2. The van der Waals surface area contributed by atoms with Gasteiger partial charge in [0.25, 0.3) is 0 Å². The maximum atomic E-state index is 12.9. The highest BCUT2D eigenvalue weighted by molar-refractivity contribution is 5.79. The molecular weight excluding hydrogens is 350 g/mol. The van der Waals surface area contributed by atoms with Crippen LogP contribution in [-0.4, -0.2) is 43.4 Å². The number of terminal acetylenes is 1. The normalized spacial score (nSPS) is 16.1. The van der Waals surface area contributed by atoms with Crippen LogP contribution in [0.1, 0.15) is 36.3 Å². The first kappa shape index (κ1) is 18.6. The van der Waals surface area contributed by atoms with Crippen LogP contribution in [0.4, 0.5) is 4.79 Å². The Morgan fingerprint density at radius 3 is 2.29 bits per heavy atom. The van der Waals surface area contributed by atoms with Gasteiger partial charge >= 0.3 is 6.09 Å². The third-order valence-corrected chi connectivity index (χ3v) is 5.70. The van der Waals surface area contributed by atoms with Crippen molar-refractivity contribution in [1.29, 1.82) is 0 Å². The summed E-state index contributed by atoms with van der Waals surface area (Å²) in [7, 11) is 0. The van der Waals surface area contributed by atoms with E-state index in [-0.39, 0.29) is 18.1 Å². The number of ether oxygens (including phenoxy) is 2. The minimum atomic E-state index is -0.274. The van der Waals surface area contributed by atoms with Gasteiger partial charge in [0, 0.05) is 38.1 Å². The molecule has 1 saturated heterocycles. The van der Waals surface area contributed by atoms with Crippen molar-refractivity contribution in [3.05, 3.63) is 59.7 Å². The first-order chi connectivity index (χ1) is 13.8. The molecule has 0 aromatic heterocycles.